The Morgan fingerprint density at radius 2 is 2.08 bits per heavy atom. The average molecular weight is 187 g/mol. The van der Waals surface area contributed by atoms with Gasteiger partial charge in [-0.25, -0.2) is 0 Å². The smallest absolute Gasteiger partial charge is 0.0643 e. The minimum atomic E-state index is -1.02. The summed E-state index contributed by atoms with van der Waals surface area (Å²) in [6.07, 6.45) is 2.29. The van der Waals surface area contributed by atoms with Crippen molar-refractivity contribution in [2.75, 3.05) is 13.2 Å². The van der Waals surface area contributed by atoms with E-state index in [-0.39, 0.29) is 5.54 Å². The quantitative estimate of drug-likeness (QED) is 0.669. The number of nitrogens with two attached hydrogens (primary N) is 1. The van der Waals surface area contributed by atoms with Crippen LogP contribution in [-0.4, -0.2) is 26.8 Å². The Balaban J connectivity index is 2.47. The van der Waals surface area contributed by atoms with Gasteiger partial charge in [-0.1, -0.05) is 19.6 Å². The fraction of sp³-hybridized carbons (Fsp3) is 1.00. The third-order valence-corrected chi connectivity index (χ3v) is 4.00. The molecule has 1 rings (SSSR count). The van der Waals surface area contributed by atoms with Gasteiger partial charge in [0.15, 0.2) is 0 Å². The largest absolute Gasteiger partial charge is 0.380 e. The molecule has 1 saturated heterocycles. The van der Waals surface area contributed by atoms with E-state index >= 15 is 0 Å². The second-order valence-electron chi connectivity index (χ2n) is 5.26. The lowest BCUT2D eigenvalue weighted by molar-refractivity contribution is 0.0453. The molecule has 0 amide bonds. The molecule has 0 aliphatic carbocycles. The summed E-state index contributed by atoms with van der Waals surface area (Å²) in [5.41, 5.74) is 6.26. The summed E-state index contributed by atoms with van der Waals surface area (Å²) in [6, 6.07) is 1.19. The molecular formula is C9H21NOSi. The molecule has 0 aromatic heterocycles. The van der Waals surface area contributed by atoms with Crippen molar-refractivity contribution in [3.63, 3.8) is 0 Å². The second-order valence-corrected chi connectivity index (χ2v) is 10.7. The Morgan fingerprint density at radius 1 is 1.42 bits per heavy atom. The van der Waals surface area contributed by atoms with Crippen molar-refractivity contribution >= 4 is 8.07 Å². The van der Waals surface area contributed by atoms with E-state index in [2.05, 4.69) is 19.6 Å². The van der Waals surface area contributed by atoms with Gasteiger partial charge in [0.05, 0.1) is 6.61 Å². The lowest BCUT2D eigenvalue weighted by Crippen LogP contribution is -2.51. The second kappa shape index (κ2) is 3.48. The Labute approximate surface area is 76.5 Å². The SMILES string of the molecule is C[Si](C)(C)CC1(N)CCCOC1. The molecule has 2 nitrogen and oxygen atoms in total. The van der Waals surface area contributed by atoms with Crippen molar-refractivity contribution in [1.82, 2.24) is 0 Å². The molecule has 3 heteroatoms. The first-order chi connectivity index (χ1) is 5.41. The van der Waals surface area contributed by atoms with Gasteiger partial charge >= 0.3 is 0 Å². The van der Waals surface area contributed by atoms with Crippen LogP contribution >= 0.6 is 0 Å². The van der Waals surface area contributed by atoms with Crippen LogP contribution in [0.3, 0.4) is 0 Å². The van der Waals surface area contributed by atoms with Gasteiger partial charge in [-0.2, -0.15) is 0 Å². The Kier molecular flexibility index (Phi) is 2.96. The van der Waals surface area contributed by atoms with Crippen LogP contribution in [0.25, 0.3) is 0 Å². The molecule has 12 heavy (non-hydrogen) atoms. The van der Waals surface area contributed by atoms with Gasteiger partial charge < -0.3 is 10.5 Å². The van der Waals surface area contributed by atoms with E-state index in [0.717, 1.165) is 26.1 Å². The molecule has 2 N–H and O–H groups in total. The molecule has 72 valence electrons. The van der Waals surface area contributed by atoms with E-state index in [0.29, 0.717) is 0 Å². The molecule has 1 aliphatic rings. The Hall–Kier alpha value is 0.137. The number of ether oxygens (including phenoxy) is 1. The van der Waals surface area contributed by atoms with Crippen molar-refractivity contribution in [2.45, 2.75) is 44.1 Å². The van der Waals surface area contributed by atoms with Gasteiger partial charge in [-0.3, -0.25) is 0 Å². The fourth-order valence-electron chi connectivity index (χ4n) is 2.07. The van der Waals surface area contributed by atoms with Gasteiger partial charge in [0.1, 0.15) is 0 Å². The van der Waals surface area contributed by atoms with E-state index in [1.807, 2.05) is 0 Å². The standard InChI is InChI=1S/C9H21NOSi/c1-12(2,3)8-9(10)5-4-6-11-7-9/h4-8,10H2,1-3H3. The molecule has 1 atom stereocenters. The van der Waals surface area contributed by atoms with Crippen molar-refractivity contribution in [1.29, 1.82) is 0 Å². The topological polar surface area (TPSA) is 35.2 Å². The third-order valence-electron chi connectivity index (χ3n) is 2.24. The third kappa shape index (κ3) is 3.25. The predicted molar refractivity (Wildman–Crippen MR) is 55.1 cm³/mol. The van der Waals surface area contributed by atoms with Crippen molar-refractivity contribution in [3.8, 4) is 0 Å². The van der Waals surface area contributed by atoms with Crippen LogP contribution in [0.2, 0.25) is 25.7 Å². The molecule has 0 saturated carbocycles. The molecule has 0 aromatic carbocycles. The summed E-state index contributed by atoms with van der Waals surface area (Å²) < 4.78 is 5.43. The zero-order chi connectivity index (χ0) is 9.24. The molecule has 1 aliphatic heterocycles. The van der Waals surface area contributed by atoms with Crippen LogP contribution < -0.4 is 5.73 Å². The van der Waals surface area contributed by atoms with Crippen LogP contribution in [0.15, 0.2) is 0 Å². The van der Waals surface area contributed by atoms with Crippen LogP contribution in [0.5, 0.6) is 0 Å². The average Bonchev–Trinajstić information content (AvgIpc) is 1.83. The van der Waals surface area contributed by atoms with Crippen LogP contribution in [-0.2, 0) is 4.74 Å². The van der Waals surface area contributed by atoms with E-state index < -0.39 is 8.07 Å². The lowest BCUT2D eigenvalue weighted by Gasteiger charge is -2.37. The summed E-state index contributed by atoms with van der Waals surface area (Å²) in [5.74, 6) is 0. The number of hydrogen-bond donors (Lipinski definition) is 1. The number of hydrogen-bond acceptors (Lipinski definition) is 2. The minimum Gasteiger partial charge on any atom is -0.380 e. The zero-order valence-corrected chi connectivity index (χ0v) is 9.52. The molecule has 0 spiro atoms. The lowest BCUT2D eigenvalue weighted by atomic mass is 9.96. The van der Waals surface area contributed by atoms with E-state index in [1.165, 1.54) is 6.04 Å². The highest BCUT2D eigenvalue weighted by Crippen LogP contribution is 2.26. The predicted octanol–water partition coefficient (Wildman–Crippen LogP) is 1.83. The Bertz CT molecular complexity index is 147. The van der Waals surface area contributed by atoms with Gasteiger partial charge in [0.25, 0.3) is 0 Å². The van der Waals surface area contributed by atoms with Gasteiger partial charge in [0, 0.05) is 20.2 Å². The normalized spacial score (nSPS) is 32.0. The van der Waals surface area contributed by atoms with E-state index in [1.54, 1.807) is 0 Å². The van der Waals surface area contributed by atoms with Crippen LogP contribution in [0.1, 0.15) is 12.8 Å². The zero-order valence-electron chi connectivity index (χ0n) is 8.52. The van der Waals surface area contributed by atoms with Gasteiger partial charge in [0.2, 0.25) is 0 Å². The van der Waals surface area contributed by atoms with Crippen molar-refractivity contribution in [3.05, 3.63) is 0 Å². The maximum atomic E-state index is 6.25. The Morgan fingerprint density at radius 3 is 2.50 bits per heavy atom. The summed E-state index contributed by atoms with van der Waals surface area (Å²) in [5, 5.41) is 0. The minimum absolute atomic E-state index is 0.00270. The fourth-order valence-corrected chi connectivity index (χ4v) is 4.46. The highest BCUT2D eigenvalue weighted by Gasteiger charge is 2.33. The molecule has 0 radical (unpaired) electrons. The van der Waals surface area contributed by atoms with E-state index in [4.69, 9.17) is 10.5 Å². The molecule has 0 aromatic rings. The van der Waals surface area contributed by atoms with Gasteiger partial charge in [-0.15, -0.1) is 0 Å². The maximum absolute atomic E-state index is 6.25. The molecule has 1 fully saturated rings. The summed E-state index contributed by atoms with van der Waals surface area (Å²) in [4.78, 5) is 0. The van der Waals surface area contributed by atoms with Gasteiger partial charge in [-0.05, 0) is 18.9 Å². The van der Waals surface area contributed by atoms with Crippen LogP contribution in [0, 0.1) is 0 Å². The van der Waals surface area contributed by atoms with Crippen molar-refractivity contribution < 1.29 is 4.74 Å². The highest BCUT2D eigenvalue weighted by atomic mass is 28.3. The first kappa shape index (κ1) is 10.2. The van der Waals surface area contributed by atoms with E-state index in [9.17, 15) is 0 Å². The first-order valence-corrected chi connectivity index (χ1v) is 8.49. The summed E-state index contributed by atoms with van der Waals surface area (Å²) in [7, 11) is -1.02. The molecule has 1 heterocycles. The maximum Gasteiger partial charge on any atom is 0.0643 e. The first-order valence-electron chi connectivity index (χ1n) is 4.78. The molecule has 1 unspecified atom stereocenters. The monoisotopic (exact) mass is 187 g/mol. The van der Waals surface area contributed by atoms with Crippen LogP contribution in [0.4, 0.5) is 0 Å². The molecule has 0 bridgehead atoms. The summed E-state index contributed by atoms with van der Waals surface area (Å²) in [6.45, 7) is 8.80. The van der Waals surface area contributed by atoms with Crippen molar-refractivity contribution in [2.24, 2.45) is 5.73 Å². The molecular weight excluding hydrogens is 166 g/mol. The highest BCUT2D eigenvalue weighted by molar-refractivity contribution is 6.76. The summed E-state index contributed by atoms with van der Waals surface area (Å²) >= 11 is 0. The number of rotatable bonds is 2.